The Labute approximate surface area is 228 Å². The van der Waals surface area contributed by atoms with Gasteiger partial charge in [0.05, 0.1) is 10.8 Å². The minimum atomic E-state index is -5.54. The molecule has 210 valence electrons. The number of hydrogen-bond acceptors (Lipinski definition) is 11. The van der Waals surface area contributed by atoms with Crippen molar-refractivity contribution in [3.8, 4) is 0 Å². The van der Waals surface area contributed by atoms with Crippen molar-refractivity contribution >= 4 is 59.9 Å². The normalized spacial score (nSPS) is 16.2. The summed E-state index contributed by atoms with van der Waals surface area (Å²) in [6.07, 6.45) is -6.35. The highest BCUT2D eigenvalue weighted by Crippen LogP contribution is 2.39. The Morgan fingerprint density at radius 3 is 1.84 bits per heavy atom. The lowest BCUT2D eigenvalue weighted by molar-refractivity contribution is -0.356. The largest absolute Gasteiger partial charge is 0.432 e. The van der Waals surface area contributed by atoms with Crippen LogP contribution in [-0.2, 0) is 38.2 Å². The van der Waals surface area contributed by atoms with Crippen LogP contribution < -0.4 is 0 Å². The van der Waals surface area contributed by atoms with Crippen LogP contribution in [0.15, 0.2) is 32.0 Å². The Kier molecular flexibility index (Phi) is 10.1. The fraction of sp³-hybridized carbons (Fsp3) is 0.571. The summed E-state index contributed by atoms with van der Waals surface area (Å²) in [7, 11) is -5.27. The van der Waals surface area contributed by atoms with Crippen molar-refractivity contribution < 1.29 is 60.6 Å². The Balaban J connectivity index is 3.52. The summed E-state index contributed by atoms with van der Waals surface area (Å²) in [6, 6.07) is 3.28. The van der Waals surface area contributed by atoms with Crippen LogP contribution in [0, 0.1) is 10.8 Å². The van der Waals surface area contributed by atoms with Crippen molar-refractivity contribution in [1.29, 1.82) is 0 Å². The second-order valence-electron chi connectivity index (χ2n) is 9.80. The van der Waals surface area contributed by atoms with Gasteiger partial charge in [-0.05, 0) is 75.7 Å². The number of benzene rings is 1. The number of carbonyl (C=O) groups is 3. The van der Waals surface area contributed by atoms with Gasteiger partial charge in [-0.15, -0.1) is 0 Å². The molecule has 0 aliphatic rings. The van der Waals surface area contributed by atoms with E-state index in [1.165, 1.54) is 32.9 Å². The molecule has 0 saturated heterocycles. The smallest absolute Gasteiger partial charge is 0.410 e. The third-order valence-corrected chi connectivity index (χ3v) is 7.10. The number of aliphatic hydroxyl groups excluding tert-OH is 2. The molecular formula is C21H26Br2F2O11S. The van der Waals surface area contributed by atoms with E-state index in [1.54, 1.807) is 0 Å². The minimum absolute atomic E-state index is 0.197. The summed E-state index contributed by atoms with van der Waals surface area (Å²) >= 11 is 5.92. The average molecular weight is 684 g/mol. The predicted molar refractivity (Wildman–Crippen MR) is 128 cm³/mol. The molecule has 0 amide bonds. The summed E-state index contributed by atoms with van der Waals surface area (Å²) in [4.78, 5) is 36.0. The highest BCUT2D eigenvalue weighted by molar-refractivity contribution is 9.11. The van der Waals surface area contributed by atoms with Gasteiger partial charge in [0, 0.05) is 8.95 Å². The molecule has 0 spiro atoms. The summed E-state index contributed by atoms with van der Waals surface area (Å²) in [5.41, 5.74) is -2.94. The quantitative estimate of drug-likeness (QED) is 0.209. The van der Waals surface area contributed by atoms with Gasteiger partial charge in [-0.1, -0.05) is 15.9 Å². The lowest BCUT2D eigenvalue weighted by atomic mass is 9.95. The van der Waals surface area contributed by atoms with Crippen molar-refractivity contribution in [3.05, 3.63) is 27.1 Å². The summed E-state index contributed by atoms with van der Waals surface area (Å²) in [6.45, 7) is 7.38. The number of alkyl halides is 2. The number of ether oxygens (including phenoxy) is 2. The maximum absolute atomic E-state index is 15.3. The molecule has 1 rings (SSSR count). The molecule has 0 aliphatic heterocycles. The fourth-order valence-corrected chi connectivity index (χ4v) is 4.74. The lowest BCUT2D eigenvalue weighted by Gasteiger charge is -2.39. The minimum Gasteiger partial charge on any atom is -0.432 e. The van der Waals surface area contributed by atoms with E-state index in [0.29, 0.717) is 4.47 Å². The Hall–Kier alpha value is -1.72. The van der Waals surface area contributed by atoms with Gasteiger partial charge in [-0.25, -0.2) is 4.79 Å². The SMILES string of the molecule is CC(C)(C)C(=O)OC(O)[C@@H](O)[C@](O)(OC(=O)C(C)(C)C)C(F)(F)C(=O)OS(=O)(=O)c1ccc(Br)cc1Br. The molecule has 0 saturated carbocycles. The molecule has 3 N–H and O–H groups in total. The predicted octanol–water partition coefficient (Wildman–Crippen LogP) is 2.63. The van der Waals surface area contributed by atoms with Crippen LogP contribution in [0.25, 0.3) is 0 Å². The summed E-state index contributed by atoms with van der Waals surface area (Å²) in [5, 5.41) is 31.0. The first-order chi connectivity index (χ1) is 16.4. The highest BCUT2D eigenvalue weighted by atomic mass is 79.9. The van der Waals surface area contributed by atoms with Gasteiger partial charge in [0.25, 0.3) is 0 Å². The van der Waals surface area contributed by atoms with Crippen LogP contribution in [-0.4, -0.2) is 65.7 Å². The van der Waals surface area contributed by atoms with Crippen LogP contribution in [0.3, 0.4) is 0 Å². The molecule has 16 heteroatoms. The number of hydrogen-bond donors (Lipinski definition) is 3. The number of esters is 2. The first-order valence-corrected chi connectivity index (χ1v) is 13.2. The molecular weight excluding hydrogens is 658 g/mol. The van der Waals surface area contributed by atoms with Crippen LogP contribution in [0.2, 0.25) is 0 Å². The van der Waals surface area contributed by atoms with E-state index in [0.717, 1.165) is 26.8 Å². The third kappa shape index (κ3) is 7.66. The first kappa shape index (κ1) is 33.3. The topological polar surface area (TPSA) is 174 Å². The van der Waals surface area contributed by atoms with Crippen LogP contribution >= 0.6 is 31.9 Å². The van der Waals surface area contributed by atoms with Crippen molar-refractivity contribution in [2.24, 2.45) is 10.8 Å². The number of rotatable bonds is 8. The monoisotopic (exact) mass is 682 g/mol. The molecule has 0 fully saturated rings. The van der Waals surface area contributed by atoms with Crippen molar-refractivity contribution in [1.82, 2.24) is 0 Å². The van der Waals surface area contributed by atoms with Gasteiger partial charge in [-0.3, -0.25) is 9.59 Å². The van der Waals surface area contributed by atoms with E-state index in [-0.39, 0.29) is 4.47 Å². The highest BCUT2D eigenvalue weighted by Gasteiger charge is 2.70. The number of carbonyl (C=O) groups excluding carboxylic acids is 3. The molecule has 0 radical (unpaired) electrons. The van der Waals surface area contributed by atoms with Gasteiger partial charge in [-0.2, -0.15) is 17.2 Å². The molecule has 0 bridgehead atoms. The van der Waals surface area contributed by atoms with E-state index >= 15 is 8.78 Å². The maximum Gasteiger partial charge on any atom is 0.410 e. The molecule has 3 atom stereocenters. The fourth-order valence-electron chi connectivity index (χ4n) is 2.17. The molecule has 0 aromatic heterocycles. The lowest BCUT2D eigenvalue weighted by Crippen LogP contribution is -2.67. The van der Waals surface area contributed by atoms with E-state index in [4.69, 9.17) is 0 Å². The molecule has 37 heavy (non-hydrogen) atoms. The van der Waals surface area contributed by atoms with Crippen LogP contribution in [0.1, 0.15) is 41.5 Å². The van der Waals surface area contributed by atoms with E-state index in [9.17, 15) is 38.1 Å². The second kappa shape index (κ2) is 11.2. The van der Waals surface area contributed by atoms with E-state index in [1.807, 2.05) is 0 Å². The zero-order valence-corrected chi connectivity index (χ0v) is 24.4. The molecule has 0 aliphatic carbocycles. The Morgan fingerprint density at radius 1 is 0.919 bits per heavy atom. The van der Waals surface area contributed by atoms with Crippen molar-refractivity contribution in [2.45, 2.75) is 70.5 Å². The summed E-state index contributed by atoms with van der Waals surface area (Å²) in [5.74, 6) is -16.1. The van der Waals surface area contributed by atoms with E-state index < -0.39 is 67.9 Å². The van der Waals surface area contributed by atoms with Gasteiger partial charge in [0.1, 0.15) is 4.90 Å². The molecule has 1 aromatic carbocycles. The molecule has 1 unspecified atom stereocenters. The zero-order valence-electron chi connectivity index (χ0n) is 20.4. The molecule has 0 heterocycles. The van der Waals surface area contributed by atoms with Gasteiger partial charge in [0.2, 0.25) is 6.29 Å². The zero-order chi connectivity index (χ0) is 29.4. The van der Waals surface area contributed by atoms with Gasteiger partial charge in [0.15, 0.2) is 6.10 Å². The third-order valence-electron chi connectivity index (χ3n) is 4.43. The standard InChI is InChI=1S/C21H26Br2F2O11S/c1-18(2,3)15(28)34-14(27)13(26)21(31,35-16(29)19(4,5)6)20(24,25)17(30)36-37(32,33)12-8-7-10(22)9-11(12)23/h7-9,13-14,26-27,31H,1-6H3/t13-,14?,21+/m1/s1. The first-order valence-electron chi connectivity index (χ1n) is 10.2. The Bertz CT molecular complexity index is 1160. The summed E-state index contributed by atoms with van der Waals surface area (Å²) < 4.78 is 68.6. The van der Waals surface area contributed by atoms with Crippen molar-refractivity contribution in [2.75, 3.05) is 0 Å². The number of aliphatic hydroxyl groups is 3. The van der Waals surface area contributed by atoms with E-state index in [2.05, 4.69) is 45.5 Å². The molecule has 1 aromatic rings. The molecule has 11 nitrogen and oxygen atoms in total. The van der Waals surface area contributed by atoms with Crippen molar-refractivity contribution in [3.63, 3.8) is 0 Å². The average Bonchev–Trinajstić information content (AvgIpc) is 2.70. The van der Waals surface area contributed by atoms with Crippen LogP contribution in [0.4, 0.5) is 8.78 Å². The number of halogens is 4. The van der Waals surface area contributed by atoms with Crippen LogP contribution in [0.5, 0.6) is 0 Å². The second-order valence-corrected chi connectivity index (χ2v) is 13.1. The maximum atomic E-state index is 15.3. The Morgan fingerprint density at radius 2 is 1.41 bits per heavy atom. The van der Waals surface area contributed by atoms with Gasteiger partial charge >= 0.3 is 39.7 Å². The van der Waals surface area contributed by atoms with Gasteiger partial charge < -0.3 is 29.0 Å².